The number of sulfonamides is 1. The van der Waals surface area contributed by atoms with Gasteiger partial charge < -0.3 is 9.26 Å². The molecule has 12 heteroatoms. The minimum Gasteiger partial charge on any atom is -0.378 e. The molecular weight excluding hydrogens is 399 g/mol. The minimum absolute atomic E-state index is 0.00567. The largest absolute Gasteiger partial charge is 0.416 e. The molecule has 26 heavy (non-hydrogen) atoms. The third kappa shape index (κ3) is 3.56. The van der Waals surface area contributed by atoms with Gasteiger partial charge in [-0.3, -0.25) is 0 Å². The molecule has 0 bridgehead atoms. The predicted octanol–water partition coefficient (Wildman–Crippen LogP) is 2.81. The maximum absolute atomic E-state index is 13.0. The van der Waals surface area contributed by atoms with Gasteiger partial charge in [0.1, 0.15) is 10.9 Å². The molecule has 2 heterocycles. The number of aromatic nitrogens is 2. The lowest BCUT2D eigenvalue weighted by molar-refractivity contribution is -0.137. The van der Waals surface area contributed by atoms with Crippen LogP contribution in [0, 0.1) is 6.92 Å². The third-order valence-electron chi connectivity index (χ3n) is 3.75. The van der Waals surface area contributed by atoms with Gasteiger partial charge in [0.2, 0.25) is 15.9 Å². The average Bonchev–Trinajstić information content (AvgIpc) is 3.00. The summed E-state index contributed by atoms with van der Waals surface area (Å²) in [5.74, 6) is 0.286. The Morgan fingerprint density at radius 3 is 2.69 bits per heavy atom. The molecule has 142 valence electrons. The summed E-state index contributed by atoms with van der Waals surface area (Å²) in [7, 11) is -4.37. The molecule has 1 unspecified atom stereocenters. The summed E-state index contributed by atoms with van der Waals surface area (Å²) in [5, 5.41) is 3.29. The number of rotatable bonds is 3. The first-order valence-corrected chi connectivity index (χ1v) is 9.19. The molecule has 7 nitrogen and oxygen atoms in total. The Bertz CT molecular complexity index is 916. The van der Waals surface area contributed by atoms with Crippen molar-refractivity contribution in [2.24, 2.45) is 0 Å². The number of nitrogens with zero attached hydrogens (tertiary/aromatic N) is 3. The molecule has 1 saturated heterocycles. The van der Waals surface area contributed by atoms with Crippen LogP contribution in [0.4, 0.5) is 13.2 Å². The fraction of sp³-hybridized carbons (Fsp3) is 0.429. The Hall–Kier alpha value is -1.69. The maximum atomic E-state index is 13.0. The van der Waals surface area contributed by atoms with Gasteiger partial charge in [-0.2, -0.15) is 22.5 Å². The Kier molecular flexibility index (Phi) is 4.99. The van der Waals surface area contributed by atoms with Gasteiger partial charge in [0.15, 0.2) is 5.82 Å². The number of halogens is 4. The summed E-state index contributed by atoms with van der Waals surface area (Å²) >= 11 is 5.89. The lowest BCUT2D eigenvalue weighted by atomic mass is 10.2. The van der Waals surface area contributed by atoms with E-state index in [4.69, 9.17) is 20.9 Å². The van der Waals surface area contributed by atoms with E-state index in [0.717, 1.165) is 16.4 Å². The maximum Gasteiger partial charge on any atom is 0.416 e. The predicted molar refractivity (Wildman–Crippen MR) is 82.9 cm³/mol. The van der Waals surface area contributed by atoms with Crippen molar-refractivity contribution in [3.05, 3.63) is 40.5 Å². The number of aryl methyl sites for hydroxylation is 1. The third-order valence-corrected chi connectivity index (χ3v) is 6.14. The molecule has 1 aliphatic rings. The van der Waals surface area contributed by atoms with Crippen LogP contribution in [0.3, 0.4) is 0 Å². The van der Waals surface area contributed by atoms with Gasteiger partial charge in [-0.25, -0.2) is 8.42 Å². The van der Waals surface area contributed by atoms with Crippen LogP contribution in [0.1, 0.15) is 23.3 Å². The number of alkyl halides is 3. The highest BCUT2D eigenvalue weighted by atomic mass is 35.5. The monoisotopic (exact) mass is 411 g/mol. The molecule has 0 N–H and O–H groups in total. The van der Waals surface area contributed by atoms with Crippen LogP contribution >= 0.6 is 11.6 Å². The van der Waals surface area contributed by atoms with Gasteiger partial charge in [0.25, 0.3) is 0 Å². The van der Waals surface area contributed by atoms with Crippen molar-refractivity contribution >= 4 is 21.6 Å². The summed E-state index contributed by atoms with van der Waals surface area (Å²) in [6, 6.07) is 1.19. The second kappa shape index (κ2) is 6.80. The van der Waals surface area contributed by atoms with Gasteiger partial charge in [0.05, 0.1) is 23.8 Å². The summed E-state index contributed by atoms with van der Waals surface area (Å²) in [4.78, 5) is 3.35. The summed E-state index contributed by atoms with van der Waals surface area (Å²) in [6.07, 6.45) is -4.71. The minimum atomic E-state index is -4.71. The standard InChI is InChI=1S/C14H13ClF3N3O4S/c1-8-19-13(25-20-8)11-7-24-5-4-21(11)26(22,23)12-6-9(14(16,17)18)2-3-10(12)15/h2-3,6,11H,4-5,7H2,1H3. The lowest BCUT2D eigenvalue weighted by Crippen LogP contribution is -2.43. The highest BCUT2D eigenvalue weighted by Gasteiger charge is 2.40. The molecule has 1 aliphatic heterocycles. The van der Waals surface area contributed by atoms with Crippen molar-refractivity contribution in [3.63, 3.8) is 0 Å². The molecular formula is C14H13ClF3N3O4S. The van der Waals surface area contributed by atoms with Crippen molar-refractivity contribution in [1.29, 1.82) is 0 Å². The van der Waals surface area contributed by atoms with Gasteiger partial charge in [-0.15, -0.1) is 0 Å². The quantitative estimate of drug-likeness (QED) is 0.772. The first-order chi connectivity index (χ1) is 12.1. The Balaban J connectivity index is 2.06. The van der Waals surface area contributed by atoms with Crippen molar-refractivity contribution in [2.75, 3.05) is 19.8 Å². The van der Waals surface area contributed by atoms with E-state index in [0.29, 0.717) is 11.9 Å². The molecule has 1 fully saturated rings. The first kappa shape index (κ1) is 19.1. The molecule has 2 aromatic rings. The zero-order valence-corrected chi connectivity index (χ0v) is 14.9. The van der Waals surface area contributed by atoms with Crippen molar-refractivity contribution in [3.8, 4) is 0 Å². The van der Waals surface area contributed by atoms with Gasteiger partial charge in [-0.1, -0.05) is 16.8 Å². The van der Waals surface area contributed by atoms with Crippen LogP contribution in [0.2, 0.25) is 5.02 Å². The Morgan fingerprint density at radius 2 is 2.08 bits per heavy atom. The number of morpholine rings is 1. The zero-order valence-electron chi connectivity index (χ0n) is 13.3. The highest BCUT2D eigenvalue weighted by Crippen LogP contribution is 2.36. The van der Waals surface area contributed by atoms with E-state index < -0.39 is 32.7 Å². The van der Waals surface area contributed by atoms with Crippen LogP contribution in [0.25, 0.3) is 0 Å². The van der Waals surface area contributed by atoms with E-state index in [2.05, 4.69) is 10.1 Å². The van der Waals surface area contributed by atoms with Gasteiger partial charge in [-0.05, 0) is 25.1 Å². The summed E-state index contributed by atoms with van der Waals surface area (Å²) in [6.45, 7) is 1.46. The van der Waals surface area contributed by atoms with E-state index in [9.17, 15) is 21.6 Å². The van der Waals surface area contributed by atoms with Crippen molar-refractivity contribution in [1.82, 2.24) is 14.4 Å². The van der Waals surface area contributed by atoms with Crippen LogP contribution in [0.5, 0.6) is 0 Å². The number of ether oxygens (including phenoxy) is 1. The van der Waals surface area contributed by atoms with Crippen LogP contribution in [-0.4, -0.2) is 42.6 Å². The lowest BCUT2D eigenvalue weighted by Gasteiger charge is -2.32. The normalized spacial score (nSPS) is 19.7. The van der Waals surface area contributed by atoms with Gasteiger partial charge >= 0.3 is 6.18 Å². The first-order valence-electron chi connectivity index (χ1n) is 7.37. The Morgan fingerprint density at radius 1 is 1.35 bits per heavy atom. The second-order valence-corrected chi connectivity index (χ2v) is 7.80. The van der Waals surface area contributed by atoms with E-state index >= 15 is 0 Å². The number of hydrogen-bond donors (Lipinski definition) is 0. The molecule has 0 saturated carbocycles. The molecule has 0 spiro atoms. The van der Waals surface area contributed by atoms with Gasteiger partial charge in [0, 0.05) is 6.54 Å². The summed E-state index contributed by atoms with van der Waals surface area (Å²) in [5.41, 5.74) is -1.11. The second-order valence-electron chi connectivity index (χ2n) is 5.53. The molecule has 3 rings (SSSR count). The molecule has 0 radical (unpaired) electrons. The Labute approximate surface area is 151 Å². The van der Waals surface area contributed by atoms with Crippen molar-refractivity contribution < 1.29 is 30.8 Å². The molecule has 0 amide bonds. The molecule has 1 aromatic heterocycles. The van der Waals surface area contributed by atoms with Crippen LogP contribution < -0.4 is 0 Å². The fourth-order valence-electron chi connectivity index (χ4n) is 2.52. The van der Waals surface area contributed by atoms with E-state index in [-0.39, 0.29) is 30.7 Å². The molecule has 1 atom stereocenters. The SMILES string of the molecule is Cc1noc(C2COCCN2S(=O)(=O)c2cc(C(F)(F)F)ccc2Cl)n1. The zero-order chi connectivity index (χ0) is 19.1. The van der Waals surface area contributed by atoms with E-state index in [1.807, 2.05) is 0 Å². The fourth-order valence-corrected chi connectivity index (χ4v) is 4.58. The van der Waals surface area contributed by atoms with Crippen molar-refractivity contribution in [2.45, 2.75) is 24.0 Å². The molecule has 1 aromatic carbocycles. The topological polar surface area (TPSA) is 85.5 Å². The smallest absolute Gasteiger partial charge is 0.378 e. The number of benzene rings is 1. The average molecular weight is 412 g/mol. The van der Waals surface area contributed by atoms with E-state index in [1.54, 1.807) is 6.92 Å². The number of hydrogen-bond acceptors (Lipinski definition) is 6. The van der Waals surface area contributed by atoms with E-state index in [1.165, 1.54) is 0 Å². The molecule has 0 aliphatic carbocycles. The summed E-state index contributed by atoms with van der Waals surface area (Å²) < 4.78 is 76.2. The highest BCUT2D eigenvalue weighted by molar-refractivity contribution is 7.89. The van der Waals surface area contributed by atoms with Crippen LogP contribution in [-0.2, 0) is 20.9 Å². The van der Waals surface area contributed by atoms with Crippen LogP contribution in [0.15, 0.2) is 27.6 Å².